The van der Waals surface area contributed by atoms with Crippen LogP contribution in [0.4, 0.5) is 0 Å². The predicted octanol–water partition coefficient (Wildman–Crippen LogP) is -10.5. The van der Waals surface area contributed by atoms with Gasteiger partial charge in [-0.1, -0.05) is 0 Å². The van der Waals surface area contributed by atoms with Crippen LogP contribution in [-0.2, 0) is 109 Å². The molecule has 18 unspecified atom stereocenters. The Labute approximate surface area is 577 Å². The monoisotopic (exact) mass is 1470 g/mol. The molecule has 0 aromatic rings. The van der Waals surface area contributed by atoms with Crippen LogP contribution in [0, 0.1) is 0 Å². The molecule has 0 radical (unpaired) electrons. The van der Waals surface area contributed by atoms with E-state index in [0.29, 0.717) is 0 Å². The van der Waals surface area contributed by atoms with Crippen LogP contribution < -0.4 is 47.4 Å². The van der Waals surface area contributed by atoms with Crippen molar-refractivity contribution in [2.75, 3.05) is 165 Å². The van der Waals surface area contributed by atoms with Gasteiger partial charge < -0.3 is 164 Å². The first-order valence-electron chi connectivity index (χ1n) is 32.6. The molecule has 0 aromatic heterocycles. The van der Waals surface area contributed by atoms with Crippen LogP contribution in [0.2, 0.25) is 0 Å². The largest absolute Gasteiger partial charge is 0.779 e. The second kappa shape index (κ2) is 50.4. The van der Waals surface area contributed by atoms with E-state index < -0.39 is 185 Å². The Bertz CT molecular complexity index is 2430. The molecule has 3 fully saturated rings. The molecule has 3 aliphatic heterocycles. The molecule has 3 saturated heterocycles. The van der Waals surface area contributed by atoms with Gasteiger partial charge in [0.25, 0.3) is 0 Å². The first kappa shape index (κ1) is 89.2. The molecule has 0 aliphatic carbocycles. The van der Waals surface area contributed by atoms with E-state index in [1.807, 2.05) is 0 Å². The summed E-state index contributed by atoms with van der Waals surface area (Å²) in [5.41, 5.74) is 0. The average molecular weight is 1470 g/mol. The Morgan fingerprint density at radius 3 is 1.02 bits per heavy atom. The highest BCUT2D eigenvalue weighted by atomic mass is 31.2. The molecule has 0 saturated carbocycles. The molecule has 0 bridgehead atoms. The maximum Gasteiger partial charge on any atom is 0.242 e. The van der Waals surface area contributed by atoms with Gasteiger partial charge >= 0.3 is 0 Å². The second-order valence-electron chi connectivity index (χ2n) is 22.8. The van der Waals surface area contributed by atoms with E-state index in [1.54, 1.807) is 0 Å². The minimum Gasteiger partial charge on any atom is -0.779 e. The van der Waals surface area contributed by atoms with Gasteiger partial charge in [0.2, 0.25) is 47.3 Å². The van der Waals surface area contributed by atoms with E-state index >= 15 is 0 Å². The lowest BCUT2D eigenvalue weighted by molar-refractivity contribution is -0.272. The summed E-state index contributed by atoms with van der Waals surface area (Å²) >= 11 is 0. The standard InChI is InChI=1S/C58H105N8O33P/c1-34(70)62-45-51(79)48(76)39(31-67)97-56(45)93-27-23-87-14-10-59-42(73)7-5-37(54(82)60-11-15-88-24-28-94-57-46(63-35(2)71)52(80)49(77)40(32-68)98-57)65-43(74)8-6-38(66-44(75)9-13-86-17-18-90-19-20-91-21-22-92-26-30-96-100(4,84)85)55(83)61-12-16-89-25-29-95-58-47(64-36(3)72)53(81)50(78)41(33-69)99-58/h37-41,45-53,56-58,67-69,76-81H,5-33H2,1-4H3,(H,59,73)(H,60,82)(H,61,83)(H,62,70)(H,63,71)(H,64,72)(H,65,74)(H,66,75)(H,84,85)/p-1. The third-order valence-corrected chi connectivity index (χ3v) is 15.4. The van der Waals surface area contributed by atoms with Crippen LogP contribution in [-0.4, -0.2) is 362 Å². The van der Waals surface area contributed by atoms with Crippen LogP contribution in [0.3, 0.4) is 0 Å². The Kier molecular flexibility index (Phi) is 45.0. The van der Waals surface area contributed by atoms with Crippen LogP contribution in [0.15, 0.2) is 0 Å². The Balaban J connectivity index is 1.61. The van der Waals surface area contributed by atoms with Crippen LogP contribution in [0.25, 0.3) is 0 Å². The molecule has 17 N–H and O–H groups in total. The van der Waals surface area contributed by atoms with E-state index in [-0.39, 0.29) is 164 Å². The number of carbonyl (C=O) groups is 8. The smallest absolute Gasteiger partial charge is 0.242 e. The van der Waals surface area contributed by atoms with E-state index in [0.717, 1.165) is 6.66 Å². The SMILES string of the molecule is CC(=O)NC1C(OCCOCCNC(=O)CCC(NC(=O)CCC(NC(=O)CCOCCOCCOCCOCCOP(C)(=O)[O-])C(=O)NCCOCCOC2OC(CO)C(O)C(O)C2NC(C)=O)C(=O)NCCOCCOC2OC(CO)C(O)C(O)C2NC(C)=O)OC(CO)C(O)C1O. The Hall–Kier alpha value is -4.97. The van der Waals surface area contributed by atoms with Crippen molar-refractivity contribution in [2.24, 2.45) is 0 Å². The molecule has 580 valence electrons. The lowest BCUT2D eigenvalue weighted by Crippen LogP contribution is -2.64. The van der Waals surface area contributed by atoms with E-state index in [2.05, 4.69) is 47.1 Å². The third-order valence-electron chi connectivity index (χ3n) is 14.7. The van der Waals surface area contributed by atoms with Crippen LogP contribution in [0.1, 0.15) is 52.9 Å². The Morgan fingerprint density at radius 1 is 0.400 bits per heavy atom. The normalized spacial score (nSPS) is 26.4. The van der Waals surface area contributed by atoms with Crippen molar-refractivity contribution in [1.82, 2.24) is 42.5 Å². The van der Waals surface area contributed by atoms with E-state index in [4.69, 9.17) is 61.6 Å². The summed E-state index contributed by atoms with van der Waals surface area (Å²) in [6, 6.07) is -6.30. The highest BCUT2D eigenvalue weighted by Gasteiger charge is 2.48. The molecule has 3 heterocycles. The van der Waals surface area contributed by atoms with Gasteiger partial charge in [0.05, 0.1) is 139 Å². The summed E-state index contributed by atoms with van der Waals surface area (Å²) in [4.78, 5) is 114. The zero-order chi connectivity index (χ0) is 74.0. The van der Waals surface area contributed by atoms with Gasteiger partial charge in [-0.05, 0) is 12.8 Å². The highest BCUT2D eigenvalue weighted by molar-refractivity contribution is 7.50. The van der Waals surface area contributed by atoms with Gasteiger partial charge in [-0.3, -0.25) is 38.4 Å². The predicted molar refractivity (Wildman–Crippen MR) is 335 cm³/mol. The zero-order valence-electron chi connectivity index (χ0n) is 56.6. The number of hydrogen-bond donors (Lipinski definition) is 17. The summed E-state index contributed by atoms with van der Waals surface area (Å²) in [5, 5.41) is 112. The van der Waals surface area contributed by atoms with Gasteiger partial charge in [-0.15, -0.1) is 0 Å². The lowest BCUT2D eigenvalue weighted by Gasteiger charge is -2.42. The topological polar surface area (TPSA) is 584 Å². The van der Waals surface area contributed by atoms with E-state index in [9.17, 15) is 93.8 Å². The summed E-state index contributed by atoms with van der Waals surface area (Å²) in [5.74, 6) is -5.17. The fourth-order valence-corrected chi connectivity index (χ4v) is 10.1. The van der Waals surface area contributed by atoms with Crippen molar-refractivity contribution in [3.63, 3.8) is 0 Å². The van der Waals surface area contributed by atoms with Crippen molar-refractivity contribution in [2.45, 2.75) is 157 Å². The number of amides is 8. The van der Waals surface area contributed by atoms with Crippen molar-refractivity contribution in [3.05, 3.63) is 0 Å². The van der Waals surface area contributed by atoms with Crippen molar-refractivity contribution in [1.29, 1.82) is 0 Å². The summed E-state index contributed by atoms with van der Waals surface area (Å²) < 4.78 is 87.4. The zero-order valence-corrected chi connectivity index (χ0v) is 57.5. The number of aliphatic hydroxyl groups is 9. The van der Waals surface area contributed by atoms with Crippen LogP contribution in [0.5, 0.6) is 0 Å². The molecule has 3 rings (SSSR count). The summed E-state index contributed by atoms with van der Waals surface area (Å²) in [7, 11) is -3.84. The van der Waals surface area contributed by atoms with Crippen molar-refractivity contribution in [3.8, 4) is 0 Å². The molecule has 42 heteroatoms. The molecule has 41 nitrogen and oxygen atoms in total. The number of aliphatic hydroxyl groups excluding tert-OH is 9. The van der Waals surface area contributed by atoms with Crippen molar-refractivity contribution < 1.29 is 160 Å². The summed E-state index contributed by atoms with van der Waals surface area (Å²) in [6.45, 7) is 1.96. The molecule has 100 heavy (non-hydrogen) atoms. The number of rotatable bonds is 53. The highest BCUT2D eigenvalue weighted by Crippen LogP contribution is 2.30. The van der Waals surface area contributed by atoms with Gasteiger partial charge in [-0.2, -0.15) is 0 Å². The minimum atomic E-state index is -3.84. The number of nitrogens with one attached hydrogen (secondary N) is 8. The maximum absolute atomic E-state index is 13.7. The number of ether oxygens (including phenoxy) is 13. The molecular formula is C58H104N8O33P-. The molecular weight excluding hydrogens is 1370 g/mol. The average Bonchev–Trinajstić information content (AvgIpc) is 0.821. The number of hydrogen-bond acceptors (Lipinski definition) is 33. The molecule has 8 amide bonds. The quantitative estimate of drug-likeness (QED) is 0.0199. The lowest BCUT2D eigenvalue weighted by atomic mass is 9.97. The van der Waals surface area contributed by atoms with Crippen LogP contribution >= 0.6 is 7.60 Å². The van der Waals surface area contributed by atoms with Gasteiger partial charge in [0.15, 0.2) is 18.9 Å². The fourth-order valence-electron chi connectivity index (χ4n) is 9.71. The third kappa shape index (κ3) is 36.0. The molecule has 0 aromatic carbocycles. The maximum atomic E-state index is 13.7. The van der Waals surface area contributed by atoms with Gasteiger partial charge in [0, 0.05) is 66.3 Å². The molecule has 0 spiro atoms. The van der Waals surface area contributed by atoms with E-state index in [1.165, 1.54) is 20.8 Å². The number of carbonyl (C=O) groups excluding carboxylic acids is 8. The minimum absolute atomic E-state index is 0.0371. The molecule has 18 atom stereocenters. The van der Waals surface area contributed by atoms with Crippen molar-refractivity contribution >= 4 is 54.9 Å². The summed E-state index contributed by atoms with van der Waals surface area (Å²) in [6.07, 6.45) is -18.3. The first-order valence-corrected chi connectivity index (χ1v) is 34.6. The Morgan fingerprint density at radius 2 is 0.690 bits per heavy atom. The van der Waals surface area contributed by atoms with Gasteiger partial charge in [-0.25, -0.2) is 0 Å². The second-order valence-corrected chi connectivity index (χ2v) is 24.6. The van der Waals surface area contributed by atoms with Gasteiger partial charge in [0.1, 0.15) is 92.7 Å². The first-order chi connectivity index (χ1) is 47.7. The molecule has 3 aliphatic rings. The fraction of sp³-hybridized carbons (Fsp3) is 0.862.